The zero-order chi connectivity index (χ0) is 14.9. The molecule has 2 fully saturated rings. The van der Waals surface area contributed by atoms with Crippen LogP contribution in [0.5, 0.6) is 0 Å². The van der Waals surface area contributed by atoms with E-state index < -0.39 is 0 Å². The van der Waals surface area contributed by atoms with Gasteiger partial charge in [0.2, 0.25) is 0 Å². The Morgan fingerprint density at radius 1 is 1.18 bits per heavy atom. The van der Waals surface area contributed by atoms with Gasteiger partial charge in [-0.1, -0.05) is 30.3 Å². The standard InChI is InChI=1S/C18H24N4/c1-21-12-16(9-19-21)20-18-8-7-15-11-22(13-17(15)18)10-14-5-3-2-4-6-14/h2-6,9,12,15,17-18,20H,7-8,10-11,13H2,1H3/t15-,17+,18-/m1/s1. The lowest BCUT2D eigenvalue weighted by molar-refractivity contribution is 0.300. The molecule has 2 aromatic rings. The number of aryl methyl sites for hydroxylation is 1. The highest BCUT2D eigenvalue weighted by Gasteiger charge is 2.42. The Morgan fingerprint density at radius 3 is 2.82 bits per heavy atom. The van der Waals surface area contributed by atoms with Gasteiger partial charge in [0.05, 0.1) is 11.9 Å². The average Bonchev–Trinajstić information content (AvgIpc) is 3.19. The SMILES string of the molecule is Cn1cc(N[C@@H]2CC[C@@H]3CN(Cc4ccccc4)C[C@@H]32)cn1. The molecule has 3 atom stereocenters. The summed E-state index contributed by atoms with van der Waals surface area (Å²) in [6.45, 7) is 3.57. The largest absolute Gasteiger partial charge is 0.379 e. The van der Waals surface area contributed by atoms with Crippen molar-refractivity contribution in [3.63, 3.8) is 0 Å². The number of fused-ring (bicyclic) bond motifs is 1. The highest BCUT2D eigenvalue weighted by molar-refractivity contribution is 5.40. The van der Waals surface area contributed by atoms with Crippen molar-refractivity contribution in [2.45, 2.75) is 25.4 Å². The van der Waals surface area contributed by atoms with Gasteiger partial charge in [-0.15, -0.1) is 0 Å². The number of anilines is 1. The molecule has 1 aliphatic carbocycles. The second-order valence-electron chi connectivity index (χ2n) is 6.83. The van der Waals surface area contributed by atoms with Crippen molar-refractivity contribution < 1.29 is 0 Å². The summed E-state index contributed by atoms with van der Waals surface area (Å²) in [5, 5.41) is 7.97. The van der Waals surface area contributed by atoms with E-state index in [4.69, 9.17) is 0 Å². The van der Waals surface area contributed by atoms with Gasteiger partial charge in [-0.25, -0.2) is 0 Å². The van der Waals surface area contributed by atoms with Crippen molar-refractivity contribution in [1.82, 2.24) is 14.7 Å². The van der Waals surface area contributed by atoms with Crippen LogP contribution in [0.2, 0.25) is 0 Å². The molecule has 1 saturated carbocycles. The highest BCUT2D eigenvalue weighted by atomic mass is 15.3. The number of hydrogen-bond donors (Lipinski definition) is 1. The molecule has 0 radical (unpaired) electrons. The van der Waals surface area contributed by atoms with Crippen LogP contribution in [0.25, 0.3) is 0 Å². The van der Waals surface area contributed by atoms with Crippen molar-refractivity contribution >= 4 is 5.69 Å². The molecule has 0 amide bonds. The molecule has 1 aromatic carbocycles. The first-order chi connectivity index (χ1) is 10.8. The number of aromatic nitrogens is 2. The van der Waals surface area contributed by atoms with Crippen LogP contribution in [0.1, 0.15) is 18.4 Å². The first kappa shape index (κ1) is 13.8. The topological polar surface area (TPSA) is 33.1 Å². The normalized spacial score (nSPS) is 28.0. The van der Waals surface area contributed by atoms with Gasteiger partial charge in [-0.3, -0.25) is 9.58 Å². The molecule has 116 valence electrons. The van der Waals surface area contributed by atoms with E-state index >= 15 is 0 Å². The number of likely N-dealkylation sites (tertiary alicyclic amines) is 1. The van der Waals surface area contributed by atoms with Gasteiger partial charge in [0.1, 0.15) is 0 Å². The smallest absolute Gasteiger partial charge is 0.0728 e. The minimum Gasteiger partial charge on any atom is -0.379 e. The van der Waals surface area contributed by atoms with Crippen molar-refractivity contribution in [1.29, 1.82) is 0 Å². The zero-order valence-corrected chi connectivity index (χ0v) is 13.2. The number of nitrogens with one attached hydrogen (secondary N) is 1. The summed E-state index contributed by atoms with van der Waals surface area (Å²) in [5.41, 5.74) is 2.59. The summed E-state index contributed by atoms with van der Waals surface area (Å²) in [6.07, 6.45) is 6.66. The fraction of sp³-hybridized carbons (Fsp3) is 0.500. The van der Waals surface area contributed by atoms with E-state index in [1.165, 1.54) is 31.5 Å². The molecular weight excluding hydrogens is 272 g/mol. The number of rotatable bonds is 4. The minimum absolute atomic E-state index is 0.606. The molecule has 0 spiro atoms. The van der Waals surface area contributed by atoms with Gasteiger partial charge in [0.25, 0.3) is 0 Å². The maximum atomic E-state index is 4.26. The van der Waals surface area contributed by atoms with Crippen LogP contribution in [0, 0.1) is 11.8 Å². The molecule has 1 N–H and O–H groups in total. The summed E-state index contributed by atoms with van der Waals surface area (Å²) in [4.78, 5) is 2.63. The molecule has 2 aliphatic rings. The Hall–Kier alpha value is -1.81. The minimum atomic E-state index is 0.606. The molecule has 22 heavy (non-hydrogen) atoms. The van der Waals surface area contributed by atoms with E-state index in [2.05, 4.69) is 51.8 Å². The summed E-state index contributed by atoms with van der Waals surface area (Å²) < 4.78 is 1.87. The lowest BCUT2D eigenvalue weighted by Gasteiger charge is -2.22. The fourth-order valence-electron chi connectivity index (χ4n) is 4.22. The number of benzene rings is 1. The molecule has 0 unspecified atom stereocenters. The molecule has 4 heteroatoms. The number of nitrogens with zero attached hydrogens (tertiary/aromatic N) is 3. The third-order valence-electron chi connectivity index (χ3n) is 5.24. The monoisotopic (exact) mass is 296 g/mol. The molecule has 2 heterocycles. The van der Waals surface area contributed by atoms with Crippen molar-refractivity contribution in [3.05, 3.63) is 48.3 Å². The van der Waals surface area contributed by atoms with Gasteiger partial charge in [-0.2, -0.15) is 5.10 Å². The van der Waals surface area contributed by atoms with E-state index in [9.17, 15) is 0 Å². The summed E-state index contributed by atoms with van der Waals surface area (Å²) in [5.74, 6) is 1.64. The molecule has 1 saturated heterocycles. The fourth-order valence-corrected chi connectivity index (χ4v) is 4.22. The maximum Gasteiger partial charge on any atom is 0.0728 e. The third-order valence-corrected chi connectivity index (χ3v) is 5.24. The second-order valence-corrected chi connectivity index (χ2v) is 6.83. The van der Waals surface area contributed by atoms with Gasteiger partial charge < -0.3 is 5.32 Å². The van der Waals surface area contributed by atoms with Gasteiger partial charge in [0, 0.05) is 38.9 Å². The van der Waals surface area contributed by atoms with Crippen LogP contribution >= 0.6 is 0 Å². The van der Waals surface area contributed by atoms with Crippen LogP contribution in [0.4, 0.5) is 5.69 Å². The van der Waals surface area contributed by atoms with Crippen molar-refractivity contribution in [3.8, 4) is 0 Å². The van der Waals surface area contributed by atoms with Crippen LogP contribution in [0.15, 0.2) is 42.7 Å². The molecular formula is C18H24N4. The zero-order valence-electron chi connectivity index (χ0n) is 13.2. The van der Waals surface area contributed by atoms with E-state index in [1.54, 1.807) is 0 Å². The van der Waals surface area contributed by atoms with E-state index in [0.29, 0.717) is 6.04 Å². The summed E-state index contributed by atoms with van der Waals surface area (Å²) in [7, 11) is 1.97. The van der Waals surface area contributed by atoms with Crippen LogP contribution in [-0.4, -0.2) is 33.8 Å². The third kappa shape index (κ3) is 2.75. The first-order valence-electron chi connectivity index (χ1n) is 8.29. The Morgan fingerprint density at radius 2 is 2.05 bits per heavy atom. The Kier molecular flexibility index (Phi) is 3.62. The van der Waals surface area contributed by atoms with Crippen LogP contribution < -0.4 is 5.32 Å². The van der Waals surface area contributed by atoms with Crippen molar-refractivity contribution in [2.24, 2.45) is 18.9 Å². The lowest BCUT2D eigenvalue weighted by Crippen LogP contribution is -2.29. The quantitative estimate of drug-likeness (QED) is 0.942. The number of hydrogen-bond acceptors (Lipinski definition) is 3. The molecule has 4 nitrogen and oxygen atoms in total. The van der Waals surface area contributed by atoms with E-state index in [1.807, 2.05) is 17.9 Å². The summed E-state index contributed by atoms with van der Waals surface area (Å²) >= 11 is 0. The molecule has 0 bridgehead atoms. The van der Waals surface area contributed by atoms with Crippen LogP contribution in [-0.2, 0) is 13.6 Å². The van der Waals surface area contributed by atoms with Crippen LogP contribution in [0.3, 0.4) is 0 Å². The molecule has 1 aliphatic heterocycles. The van der Waals surface area contributed by atoms with E-state index in [0.717, 1.165) is 24.1 Å². The summed E-state index contributed by atoms with van der Waals surface area (Å²) in [6, 6.07) is 11.4. The lowest BCUT2D eigenvalue weighted by atomic mass is 9.98. The maximum absolute atomic E-state index is 4.26. The predicted octanol–water partition coefficient (Wildman–Crippen LogP) is 2.74. The van der Waals surface area contributed by atoms with Gasteiger partial charge in [0.15, 0.2) is 0 Å². The molecule has 1 aromatic heterocycles. The Labute approximate surface area is 132 Å². The second kappa shape index (κ2) is 5.76. The first-order valence-corrected chi connectivity index (χ1v) is 8.29. The van der Waals surface area contributed by atoms with Gasteiger partial charge >= 0.3 is 0 Å². The highest BCUT2D eigenvalue weighted by Crippen LogP contribution is 2.39. The van der Waals surface area contributed by atoms with Gasteiger partial charge in [-0.05, 0) is 30.2 Å². The molecule has 4 rings (SSSR count). The predicted molar refractivity (Wildman–Crippen MR) is 88.6 cm³/mol. The van der Waals surface area contributed by atoms with E-state index in [-0.39, 0.29) is 0 Å². The Bertz CT molecular complexity index is 621. The van der Waals surface area contributed by atoms with Crippen molar-refractivity contribution in [2.75, 3.05) is 18.4 Å². The Balaban J connectivity index is 1.38. The average molecular weight is 296 g/mol.